The lowest BCUT2D eigenvalue weighted by molar-refractivity contribution is -0.0249. The van der Waals surface area contributed by atoms with E-state index in [9.17, 15) is 4.79 Å². The van der Waals surface area contributed by atoms with Gasteiger partial charge in [0, 0.05) is 23.1 Å². The Morgan fingerprint density at radius 1 is 1.14 bits per heavy atom. The molecule has 0 aliphatic heterocycles. The molecular weight excluding hydrogens is 450 g/mol. The molecule has 0 radical (unpaired) electrons. The van der Waals surface area contributed by atoms with Crippen molar-refractivity contribution in [1.29, 1.82) is 0 Å². The second-order valence-electron chi connectivity index (χ2n) is 10.2. The summed E-state index contributed by atoms with van der Waals surface area (Å²) in [6.45, 7) is 16.2. The molecule has 0 spiro atoms. The number of rotatable bonds is 5. The largest absolute Gasteiger partial charge is 0.459 e. The van der Waals surface area contributed by atoms with Gasteiger partial charge in [0.25, 0.3) is 0 Å². The average Bonchev–Trinajstić information content (AvgIpc) is 3.41. The highest BCUT2D eigenvalue weighted by molar-refractivity contribution is 6.03. The fourth-order valence-corrected chi connectivity index (χ4v) is 5.56. The van der Waals surface area contributed by atoms with E-state index in [0.29, 0.717) is 17.4 Å². The minimum absolute atomic E-state index is 0.162. The van der Waals surface area contributed by atoms with Crippen LogP contribution < -0.4 is 5.32 Å². The number of nitrogens with zero attached hydrogens (tertiary/aromatic N) is 3. The van der Waals surface area contributed by atoms with Gasteiger partial charge >= 0.3 is 5.97 Å². The third-order valence-corrected chi connectivity index (χ3v) is 7.20. The maximum absolute atomic E-state index is 13.3. The molecule has 2 atom stereocenters. The zero-order chi connectivity index (χ0) is 25.4. The number of aryl methyl sites for hydroxylation is 1. The minimum Gasteiger partial charge on any atom is -0.459 e. The van der Waals surface area contributed by atoms with Crippen LogP contribution in [0.1, 0.15) is 49.5 Å². The van der Waals surface area contributed by atoms with Crippen LogP contribution in [0, 0.1) is 31.2 Å². The van der Waals surface area contributed by atoms with E-state index in [-0.39, 0.29) is 29.2 Å². The average molecular weight is 482 g/mol. The van der Waals surface area contributed by atoms with Crippen LogP contribution in [0.5, 0.6) is 0 Å². The molecule has 0 amide bonds. The van der Waals surface area contributed by atoms with Gasteiger partial charge in [-0.1, -0.05) is 51.1 Å². The Balaban J connectivity index is 1.44. The van der Waals surface area contributed by atoms with Crippen molar-refractivity contribution in [3.63, 3.8) is 0 Å². The van der Waals surface area contributed by atoms with Crippen LogP contribution in [-0.4, -0.2) is 26.7 Å². The van der Waals surface area contributed by atoms with E-state index < -0.39 is 5.97 Å². The van der Waals surface area contributed by atoms with E-state index in [1.165, 1.54) is 0 Å². The first-order chi connectivity index (χ1) is 17.3. The topological polar surface area (TPSA) is 75.8 Å². The summed E-state index contributed by atoms with van der Waals surface area (Å²) in [6, 6.07) is 16.0. The van der Waals surface area contributed by atoms with Crippen molar-refractivity contribution in [3.05, 3.63) is 77.3 Å². The number of ether oxygens (including phenoxy) is 1. The molecule has 0 bridgehead atoms. The van der Waals surface area contributed by atoms with E-state index in [2.05, 4.69) is 49.0 Å². The quantitative estimate of drug-likeness (QED) is 0.234. The number of anilines is 2. The van der Waals surface area contributed by atoms with Crippen LogP contribution >= 0.6 is 0 Å². The number of nitrogens with one attached hydrogen (secondary N) is 2. The summed E-state index contributed by atoms with van der Waals surface area (Å²) in [7, 11) is 0. The number of benzene rings is 2. The summed E-state index contributed by atoms with van der Waals surface area (Å²) in [4.78, 5) is 21.6. The van der Waals surface area contributed by atoms with Crippen molar-refractivity contribution < 1.29 is 9.53 Å². The number of hydrogen-bond acceptors (Lipinski definition) is 4. The minimum atomic E-state index is -0.477. The molecule has 2 aromatic heterocycles. The van der Waals surface area contributed by atoms with Crippen LogP contribution in [0.15, 0.2) is 54.7 Å². The Morgan fingerprint density at radius 2 is 1.89 bits per heavy atom. The number of hydrogen-bond donors (Lipinski definition) is 2. The van der Waals surface area contributed by atoms with Gasteiger partial charge in [-0.3, -0.25) is 9.61 Å². The summed E-state index contributed by atoms with van der Waals surface area (Å²) in [5, 5.41) is 6.67. The van der Waals surface area contributed by atoms with Crippen molar-refractivity contribution in [2.75, 3.05) is 5.32 Å². The van der Waals surface area contributed by atoms with E-state index in [1.807, 2.05) is 42.5 Å². The van der Waals surface area contributed by atoms with Gasteiger partial charge in [-0.25, -0.2) is 14.6 Å². The van der Waals surface area contributed by atoms with Crippen LogP contribution in [0.25, 0.3) is 21.9 Å². The van der Waals surface area contributed by atoms with Crippen LogP contribution in [-0.2, 0) is 4.74 Å². The van der Waals surface area contributed by atoms with Gasteiger partial charge in [-0.15, -0.1) is 0 Å². The lowest BCUT2D eigenvalue weighted by Crippen LogP contribution is -2.37. The maximum atomic E-state index is 13.3. The van der Waals surface area contributed by atoms with Crippen LogP contribution in [0.4, 0.5) is 17.1 Å². The lowest BCUT2D eigenvalue weighted by Gasteiger charge is -2.37. The van der Waals surface area contributed by atoms with Gasteiger partial charge in [-0.05, 0) is 61.3 Å². The number of aromatic nitrogens is 3. The zero-order valence-corrected chi connectivity index (χ0v) is 21.1. The Bertz CT molecular complexity index is 1450. The molecule has 2 N–H and O–H groups in total. The van der Waals surface area contributed by atoms with Gasteiger partial charge in [0.15, 0.2) is 11.5 Å². The third kappa shape index (κ3) is 4.47. The summed E-state index contributed by atoms with van der Waals surface area (Å²) < 4.78 is 7.65. The molecule has 1 aliphatic carbocycles. The number of para-hydroxylation sites is 1. The van der Waals surface area contributed by atoms with Gasteiger partial charge in [0.1, 0.15) is 11.7 Å². The summed E-state index contributed by atoms with van der Waals surface area (Å²) >= 11 is 0. The Morgan fingerprint density at radius 3 is 2.61 bits per heavy atom. The van der Waals surface area contributed by atoms with E-state index in [1.54, 1.807) is 10.7 Å². The highest BCUT2D eigenvalue weighted by Crippen LogP contribution is 2.37. The van der Waals surface area contributed by atoms with Crippen molar-refractivity contribution >= 4 is 28.7 Å². The molecule has 7 nitrogen and oxygen atoms in total. The predicted octanol–water partition coefficient (Wildman–Crippen LogP) is 7.16. The normalized spacial score (nSPS) is 21.8. The number of esters is 1. The smallest absolute Gasteiger partial charge is 0.331 e. The molecule has 0 saturated heterocycles. The van der Waals surface area contributed by atoms with Gasteiger partial charge in [0.2, 0.25) is 5.69 Å². The van der Waals surface area contributed by atoms with Crippen molar-refractivity contribution in [2.45, 2.75) is 46.6 Å². The molecule has 36 heavy (non-hydrogen) atoms. The van der Waals surface area contributed by atoms with E-state index >= 15 is 0 Å². The fourth-order valence-electron chi connectivity index (χ4n) is 5.56. The molecule has 1 aliphatic rings. The van der Waals surface area contributed by atoms with Crippen molar-refractivity contribution in [2.24, 2.45) is 17.8 Å². The fraction of sp³-hybridized carbons (Fsp3) is 0.345. The molecular formula is C29H31N5O2. The summed E-state index contributed by atoms with van der Waals surface area (Å²) in [5.74, 6) is 1.31. The number of aromatic amines is 1. The number of carbonyl (C=O) groups excluding carboxylic acids is 1. The van der Waals surface area contributed by atoms with Crippen molar-refractivity contribution in [3.8, 4) is 11.4 Å². The standard InChI is InChI=1S/C29H31N5O2/c1-17-13-19(3)26(20(4)14-17)36-29(35)25-24(30-5)16-34-28(25)32-27(33-34)21-10-8-11-22(15-21)31-23-12-7-6-9-18(23)2/h6-12,15-17,19-20,26,31H,13-14H2,1-4H3,(H,32,33). The molecule has 5 rings (SSSR count). The Kier molecular flexibility index (Phi) is 6.27. The lowest BCUT2D eigenvalue weighted by atomic mass is 9.75. The van der Waals surface area contributed by atoms with Crippen LogP contribution in [0.3, 0.4) is 0 Å². The molecule has 4 aromatic rings. The maximum Gasteiger partial charge on any atom is 0.331 e. The second-order valence-corrected chi connectivity index (χ2v) is 10.2. The van der Waals surface area contributed by atoms with E-state index in [0.717, 1.165) is 35.3 Å². The summed E-state index contributed by atoms with van der Waals surface area (Å²) in [5.41, 5.74) is 4.85. The number of H-pyrrole nitrogens is 1. The van der Waals surface area contributed by atoms with Crippen LogP contribution in [0.2, 0.25) is 0 Å². The first-order valence-corrected chi connectivity index (χ1v) is 12.5. The Hall–Kier alpha value is -4.05. The molecule has 184 valence electrons. The second kappa shape index (κ2) is 9.54. The monoisotopic (exact) mass is 481 g/mol. The molecule has 1 saturated carbocycles. The number of carbonyl (C=O) groups is 1. The Labute approximate surface area is 211 Å². The van der Waals surface area contributed by atoms with Crippen molar-refractivity contribution in [1.82, 2.24) is 14.6 Å². The zero-order valence-electron chi connectivity index (χ0n) is 21.1. The molecule has 2 unspecified atom stereocenters. The highest BCUT2D eigenvalue weighted by atomic mass is 16.5. The SMILES string of the molecule is [C-]#[N+]c1cn2[nH]c(-c3cccc(Nc4ccccc4C)c3)nc2c1C(=O)OC1C(C)CC(C)CC1C. The highest BCUT2D eigenvalue weighted by Gasteiger charge is 2.35. The predicted molar refractivity (Wildman–Crippen MR) is 142 cm³/mol. The first-order valence-electron chi connectivity index (χ1n) is 12.5. The molecule has 2 aromatic carbocycles. The van der Waals surface area contributed by atoms with Gasteiger partial charge in [0.05, 0.1) is 6.57 Å². The van der Waals surface area contributed by atoms with Gasteiger partial charge < -0.3 is 10.1 Å². The number of fused-ring (bicyclic) bond motifs is 1. The molecule has 1 fully saturated rings. The molecule has 7 heteroatoms. The first kappa shape index (κ1) is 23.7. The summed E-state index contributed by atoms with van der Waals surface area (Å²) in [6.07, 6.45) is 3.51. The van der Waals surface area contributed by atoms with Gasteiger partial charge in [-0.2, -0.15) is 0 Å². The van der Waals surface area contributed by atoms with E-state index in [4.69, 9.17) is 16.3 Å². The molecule has 2 heterocycles. The third-order valence-electron chi connectivity index (χ3n) is 7.20.